The zero-order valence-corrected chi connectivity index (χ0v) is 10.3. The molecule has 1 nitrogen and oxygen atoms in total. The molecule has 16 heavy (non-hydrogen) atoms. The second-order valence-corrected chi connectivity index (χ2v) is 4.13. The smallest absolute Gasteiger partial charge is 0.130 e. The second kappa shape index (κ2) is 5.80. The van der Waals surface area contributed by atoms with Gasteiger partial charge in [-0.25, -0.2) is 4.39 Å². The van der Waals surface area contributed by atoms with E-state index in [4.69, 9.17) is 0 Å². The number of rotatable bonds is 5. The van der Waals surface area contributed by atoms with Crippen molar-refractivity contribution in [2.75, 3.05) is 7.05 Å². The van der Waals surface area contributed by atoms with Crippen LogP contribution in [0.1, 0.15) is 36.9 Å². The maximum atomic E-state index is 13.9. The Balaban J connectivity index is 2.95. The van der Waals surface area contributed by atoms with Crippen LogP contribution >= 0.6 is 0 Å². The molecule has 0 fully saturated rings. The van der Waals surface area contributed by atoms with Gasteiger partial charge >= 0.3 is 0 Å². The number of halogens is 1. The number of hydrogen-bond donors (Lipinski definition) is 1. The summed E-state index contributed by atoms with van der Waals surface area (Å²) in [5.74, 6) is -0.106. The van der Waals surface area contributed by atoms with Crippen molar-refractivity contribution in [1.82, 2.24) is 5.32 Å². The molecule has 0 radical (unpaired) electrons. The first-order valence-electron chi connectivity index (χ1n) is 5.69. The number of aryl methyl sites for hydroxylation is 1. The summed E-state index contributed by atoms with van der Waals surface area (Å²) in [7, 11) is 1.86. The molecule has 0 saturated heterocycles. The molecule has 1 atom stereocenters. The predicted octanol–water partition coefficient (Wildman–Crippen LogP) is 3.75. The Labute approximate surface area is 97.4 Å². The molecule has 0 aliphatic heterocycles. The molecule has 1 aromatic carbocycles. The summed E-state index contributed by atoms with van der Waals surface area (Å²) in [6.07, 6.45) is 1.72. The van der Waals surface area contributed by atoms with Crippen LogP contribution in [0.5, 0.6) is 0 Å². The maximum Gasteiger partial charge on any atom is 0.130 e. The summed E-state index contributed by atoms with van der Waals surface area (Å²) in [4.78, 5) is 0. The van der Waals surface area contributed by atoms with Gasteiger partial charge in [-0.2, -0.15) is 0 Å². The van der Waals surface area contributed by atoms with Crippen molar-refractivity contribution in [3.63, 3.8) is 0 Å². The van der Waals surface area contributed by atoms with Crippen LogP contribution in [0.25, 0.3) is 0 Å². The van der Waals surface area contributed by atoms with Gasteiger partial charge in [0.1, 0.15) is 5.82 Å². The third kappa shape index (κ3) is 2.92. The number of benzene rings is 1. The highest BCUT2D eigenvalue weighted by Crippen LogP contribution is 2.25. The first-order valence-corrected chi connectivity index (χ1v) is 5.69. The quantitative estimate of drug-likeness (QED) is 0.747. The maximum absolute atomic E-state index is 13.9. The van der Waals surface area contributed by atoms with Crippen molar-refractivity contribution in [2.45, 2.75) is 32.7 Å². The lowest BCUT2D eigenvalue weighted by molar-refractivity contribution is 0.525. The number of nitrogens with one attached hydrogen (secondary N) is 1. The van der Waals surface area contributed by atoms with E-state index in [0.717, 1.165) is 24.0 Å². The zero-order valence-electron chi connectivity index (χ0n) is 10.3. The van der Waals surface area contributed by atoms with Gasteiger partial charge in [-0.15, -0.1) is 0 Å². The van der Waals surface area contributed by atoms with Gasteiger partial charge in [0.15, 0.2) is 0 Å². The molecule has 0 spiro atoms. The molecular formula is C14H20FN. The predicted molar refractivity (Wildman–Crippen MR) is 67.0 cm³/mol. The molecule has 0 bridgehead atoms. The fourth-order valence-electron chi connectivity index (χ4n) is 1.74. The Hall–Kier alpha value is -1.15. The van der Waals surface area contributed by atoms with E-state index in [1.165, 1.54) is 0 Å². The normalized spacial score (nSPS) is 12.5. The first-order chi connectivity index (χ1) is 7.60. The van der Waals surface area contributed by atoms with Crippen LogP contribution in [0.15, 0.2) is 30.4 Å². The van der Waals surface area contributed by atoms with Gasteiger partial charge in [0.25, 0.3) is 0 Å². The summed E-state index contributed by atoms with van der Waals surface area (Å²) in [6.45, 7) is 7.84. The van der Waals surface area contributed by atoms with Crippen LogP contribution in [0.4, 0.5) is 4.39 Å². The lowest BCUT2D eigenvalue weighted by Crippen LogP contribution is -2.18. The Bertz CT molecular complexity index is 371. The Morgan fingerprint density at radius 1 is 1.50 bits per heavy atom. The summed E-state index contributed by atoms with van der Waals surface area (Å²) in [6, 6.07) is 5.55. The number of hydrogen-bond acceptors (Lipinski definition) is 1. The Morgan fingerprint density at radius 3 is 2.75 bits per heavy atom. The highest BCUT2D eigenvalue weighted by Gasteiger charge is 2.15. The summed E-state index contributed by atoms with van der Waals surface area (Å²) >= 11 is 0. The molecule has 0 aromatic heterocycles. The van der Waals surface area contributed by atoms with Gasteiger partial charge in [0.05, 0.1) is 0 Å². The lowest BCUT2D eigenvalue weighted by Gasteiger charge is -2.19. The molecule has 1 unspecified atom stereocenters. The molecular weight excluding hydrogens is 201 g/mol. The molecule has 1 rings (SSSR count). The largest absolute Gasteiger partial charge is 0.313 e. The van der Waals surface area contributed by atoms with E-state index in [2.05, 4.69) is 18.8 Å². The SMILES string of the molecule is C=C(CC)CC(NC)c1cccc(C)c1F. The van der Waals surface area contributed by atoms with Gasteiger partial charge in [-0.1, -0.05) is 37.3 Å². The minimum absolute atomic E-state index is 0.0207. The summed E-state index contributed by atoms with van der Waals surface area (Å²) in [5, 5.41) is 3.15. The molecule has 0 aliphatic carbocycles. The highest BCUT2D eigenvalue weighted by molar-refractivity contribution is 5.28. The van der Waals surface area contributed by atoms with Gasteiger partial charge in [-0.3, -0.25) is 0 Å². The van der Waals surface area contributed by atoms with Crippen LogP contribution in [0, 0.1) is 12.7 Å². The van der Waals surface area contributed by atoms with Crippen molar-refractivity contribution in [2.24, 2.45) is 0 Å². The van der Waals surface area contributed by atoms with Crippen LogP contribution in [0.3, 0.4) is 0 Å². The zero-order chi connectivity index (χ0) is 12.1. The highest BCUT2D eigenvalue weighted by atomic mass is 19.1. The van der Waals surface area contributed by atoms with Crippen LogP contribution < -0.4 is 5.32 Å². The van der Waals surface area contributed by atoms with Crippen molar-refractivity contribution in [3.8, 4) is 0 Å². The molecule has 0 aliphatic rings. The van der Waals surface area contributed by atoms with Gasteiger partial charge in [0.2, 0.25) is 0 Å². The average molecular weight is 221 g/mol. The van der Waals surface area contributed by atoms with E-state index < -0.39 is 0 Å². The van der Waals surface area contributed by atoms with E-state index in [1.54, 1.807) is 13.0 Å². The van der Waals surface area contributed by atoms with E-state index in [9.17, 15) is 4.39 Å². The van der Waals surface area contributed by atoms with E-state index in [1.807, 2.05) is 19.2 Å². The monoisotopic (exact) mass is 221 g/mol. The molecule has 0 amide bonds. The van der Waals surface area contributed by atoms with Crippen molar-refractivity contribution >= 4 is 0 Å². The molecule has 88 valence electrons. The molecule has 0 saturated carbocycles. The van der Waals surface area contributed by atoms with Crippen LogP contribution in [-0.4, -0.2) is 7.05 Å². The first kappa shape index (κ1) is 12.9. The molecule has 1 aromatic rings. The fraction of sp³-hybridized carbons (Fsp3) is 0.429. The topological polar surface area (TPSA) is 12.0 Å². The second-order valence-electron chi connectivity index (χ2n) is 4.13. The van der Waals surface area contributed by atoms with E-state index >= 15 is 0 Å². The average Bonchev–Trinajstić information content (AvgIpc) is 2.29. The van der Waals surface area contributed by atoms with Crippen LogP contribution in [0.2, 0.25) is 0 Å². The van der Waals surface area contributed by atoms with Gasteiger partial charge < -0.3 is 5.32 Å². The van der Waals surface area contributed by atoms with Crippen molar-refractivity contribution < 1.29 is 4.39 Å². The molecule has 0 heterocycles. The minimum atomic E-state index is -0.106. The van der Waals surface area contributed by atoms with Crippen molar-refractivity contribution in [3.05, 3.63) is 47.3 Å². The third-order valence-electron chi connectivity index (χ3n) is 2.94. The summed E-state index contributed by atoms with van der Waals surface area (Å²) < 4.78 is 13.9. The third-order valence-corrected chi connectivity index (χ3v) is 2.94. The standard InChI is InChI=1S/C14H20FN/c1-5-10(2)9-13(16-4)12-8-6-7-11(3)14(12)15/h6-8,13,16H,2,5,9H2,1,3-4H3. The minimum Gasteiger partial charge on any atom is -0.313 e. The Morgan fingerprint density at radius 2 is 2.19 bits per heavy atom. The Kier molecular flexibility index (Phi) is 4.69. The van der Waals surface area contributed by atoms with Gasteiger partial charge in [0, 0.05) is 11.6 Å². The molecule has 2 heteroatoms. The van der Waals surface area contributed by atoms with E-state index in [-0.39, 0.29) is 11.9 Å². The summed E-state index contributed by atoms with van der Waals surface area (Å²) in [5.41, 5.74) is 2.57. The molecule has 1 N–H and O–H groups in total. The van der Waals surface area contributed by atoms with Crippen molar-refractivity contribution in [1.29, 1.82) is 0 Å². The van der Waals surface area contributed by atoms with Crippen LogP contribution in [-0.2, 0) is 0 Å². The lowest BCUT2D eigenvalue weighted by atomic mass is 9.97. The van der Waals surface area contributed by atoms with Gasteiger partial charge in [-0.05, 0) is 32.4 Å². The fourth-order valence-corrected chi connectivity index (χ4v) is 1.74. The van der Waals surface area contributed by atoms with E-state index in [0.29, 0.717) is 5.56 Å².